The molecule has 4 rings (SSSR count). The molecule has 0 saturated carbocycles. The molecule has 3 amide bonds. The van der Waals surface area contributed by atoms with E-state index in [1.807, 2.05) is 0 Å². The molecule has 2 N–H and O–H groups in total. The van der Waals surface area contributed by atoms with Crippen molar-refractivity contribution in [1.82, 2.24) is 14.9 Å². The molecule has 208 valence electrons. The van der Waals surface area contributed by atoms with E-state index in [0.29, 0.717) is 12.0 Å². The van der Waals surface area contributed by atoms with Crippen molar-refractivity contribution in [3.63, 3.8) is 0 Å². The first-order valence-electron chi connectivity index (χ1n) is 12.3. The molecule has 0 bridgehead atoms. The minimum Gasteiger partial charge on any atom is -0.478 e. The Balaban J connectivity index is 1.61. The van der Waals surface area contributed by atoms with Crippen LogP contribution in [0.25, 0.3) is 0 Å². The number of imidazole rings is 1. The summed E-state index contributed by atoms with van der Waals surface area (Å²) < 4.78 is 10.7. The molecule has 12 nitrogen and oxygen atoms in total. The third-order valence-corrected chi connectivity index (χ3v) is 5.97. The van der Waals surface area contributed by atoms with Gasteiger partial charge in [0.2, 0.25) is 0 Å². The zero-order valence-corrected chi connectivity index (χ0v) is 22.4. The number of hydrogen-bond acceptors (Lipinski definition) is 8. The number of ether oxygens (including phenoxy) is 2. The predicted molar refractivity (Wildman–Crippen MR) is 142 cm³/mol. The Labute approximate surface area is 229 Å². The SMILES string of the molecule is CN(CCOC(=O)c1ccc(Cc2cnc[nH]2)cc1N1C(=O)c2ccc(C(=O)O)cc2C1=O)C(=O)OC(C)(C)C. The Bertz CT molecular complexity index is 1490. The van der Waals surface area contributed by atoms with E-state index < -0.39 is 35.4 Å². The number of nitrogens with zero attached hydrogens (tertiary/aromatic N) is 3. The third-order valence-electron chi connectivity index (χ3n) is 5.97. The second-order valence-corrected chi connectivity index (χ2v) is 10.2. The summed E-state index contributed by atoms with van der Waals surface area (Å²) in [5.41, 5.74) is 0.472. The summed E-state index contributed by atoms with van der Waals surface area (Å²) in [5.74, 6) is -3.53. The minimum atomic E-state index is -1.25. The number of nitrogens with one attached hydrogen (secondary N) is 1. The van der Waals surface area contributed by atoms with Crippen LogP contribution < -0.4 is 4.90 Å². The molecule has 0 saturated heterocycles. The van der Waals surface area contributed by atoms with Crippen molar-refractivity contribution in [3.8, 4) is 0 Å². The number of carboxylic acids is 1. The number of carboxylic acid groups (broad SMARTS) is 1. The molecule has 2 heterocycles. The van der Waals surface area contributed by atoms with Crippen LogP contribution in [0.5, 0.6) is 0 Å². The molecule has 40 heavy (non-hydrogen) atoms. The van der Waals surface area contributed by atoms with Crippen molar-refractivity contribution in [2.75, 3.05) is 25.1 Å². The molecular formula is C28H28N4O8. The second-order valence-electron chi connectivity index (χ2n) is 10.2. The topological polar surface area (TPSA) is 159 Å². The van der Waals surface area contributed by atoms with E-state index in [1.165, 1.54) is 42.5 Å². The van der Waals surface area contributed by atoms with Crippen LogP contribution in [-0.4, -0.2) is 75.6 Å². The van der Waals surface area contributed by atoms with E-state index in [9.17, 15) is 29.1 Å². The quantitative estimate of drug-likeness (QED) is 0.317. The standard InChI is InChI=1S/C28H28N4O8/c1-28(2,3)40-27(38)31(4)9-10-39-26(37)20-7-5-16(11-18-14-29-15-30-18)12-22(20)32-23(33)19-8-6-17(25(35)36)13-21(19)24(32)34/h5-8,12-15H,9-11H2,1-4H3,(H,29,30)(H,35,36). The van der Waals surface area contributed by atoms with Crippen molar-refractivity contribution in [2.45, 2.75) is 32.8 Å². The summed E-state index contributed by atoms with van der Waals surface area (Å²) in [7, 11) is 1.50. The molecular weight excluding hydrogens is 520 g/mol. The van der Waals surface area contributed by atoms with Gasteiger partial charge < -0.3 is 24.5 Å². The monoisotopic (exact) mass is 548 g/mol. The lowest BCUT2D eigenvalue weighted by Gasteiger charge is -2.24. The van der Waals surface area contributed by atoms with Gasteiger partial charge in [0.25, 0.3) is 11.8 Å². The highest BCUT2D eigenvalue weighted by molar-refractivity contribution is 6.35. The van der Waals surface area contributed by atoms with Crippen LogP contribution >= 0.6 is 0 Å². The number of amides is 3. The summed E-state index contributed by atoms with van der Waals surface area (Å²) in [4.78, 5) is 72.5. The maximum atomic E-state index is 13.4. The number of likely N-dealkylation sites (N-methyl/N-ethyl adjacent to an activating group) is 1. The fourth-order valence-electron chi connectivity index (χ4n) is 4.02. The van der Waals surface area contributed by atoms with E-state index >= 15 is 0 Å². The summed E-state index contributed by atoms with van der Waals surface area (Å²) in [6.07, 6.45) is 2.92. The Morgan fingerprint density at radius 1 is 1.05 bits per heavy atom. The van der Waals surface area contributed by atoms with E-state index in [0.717, 1.165) is 16.7 Å². The lowest BCUT2D eigenvalue weighted by Crippen LogP contribution is -2.36. The van der Waals surface area contributed by atoms with Crippen molar-refractivity contribution >= 4 is 35.5 Å². The van der Waals surface area contributed by atoms with Crippen LogP contribution in [-0.2, 0) is 15.9 Å². The van der Waals surface area contributed by atoms with Gasteiger partial charge in [0, 0.05) is 25.4 Å². The molecule has 2 aromatic carbocycles. The number of carbonyl (C=O) groups excluding carboxylic acids is 4. The Morgan fingerprint density at radius 3 is 2.42 bits per heavy atom. The first-order chi connectivity index (χ1) is 18.9. The maximum Gasteiger partial charge on any atom is 0.410 e. The van der Waals surface area contributed by atoms with Crippen molar-refractivity contribution < 1.29 is 38.6 Å². The second kappa shape index (κ2) is 11.0. The number of esters is 1. The Morgan fingerprint density at radius 2 is 1.77 bits per heavy atom. The van der Waals surface area contributed by atoms with E-state index in [-0.39, 0.29) is 41.1 Å². The molecule has 0 fully saturated rings. The molecule has 0 atom stereocenters. The van der Waals surface area contributed by atoms with Crippen LogP contribution in [0.15, 0.2) is 48.9 Å². The van der Waals surface area contributed by atoms with Gasteiger partial charge in [-0.2, -0.15) is 0 Å². The summed E-state index contributed by atoms with van der Waals surface area (Å²) in [5, 5.41) is 9.33. The van der Waals surface area contributed by atoms with Crippen molar-refractivity contribution in [2.24, 2.45) is 0 Å². The normalized spacial score (nSPS) is 12.8. The molecule has 0 radical (unpaired) electrons. The Kier molecular flexibility index (Phi) is 7.71. The van der Waals surface area contributed by atoms with Gasteiger partial charge in [-0.25, -0.2) is 24.3 Å². The van der Waals surface area contributed by atoms with Gasteiger partial charge in [-0.3, -0.25) is 9.59 Å². The first-order valence-corrected chi connectivity index (χ1v) is 12.3. The number of anilines is 1. The van der Waals surface area contributed by atoms with Crippen LogP contribution in [0.2, 0.25) is 0 Å². The van der Waals surface area contributed by atoms with Crippen LogP contribution in [0.3, 0.4) is 0 Å². The highest BCUT2D eigenvalue weighted by atomic mass is 16.6. The number of aromatic carboxylic acids is 1. The van der Waals surface area contributed by atoms with Crippen molar-refractivity contribution in [1.29, 1.82) is 0 Å². The number of aromatic amines is 1. The largest absolute Gasteiger partial charge is 0.478 e. The smallest absolute Gasteiger partial charge is 0.410 e. The molecule has 3 aromatic rings. The minimum absolute atomic E-state index is 0.00872. The summed E-state index contributed by atoms with van der Waals surface area (Å²) in [6.45, 7) is 5.07. The number of imide groups is 1. The lowest BCUT2D eigenvalue weighted by molar-refractivity contribution is 0.0217. The highest BCUT2D eigenvalue weighted by Gasteiger charge is 2.39. The number of rotatable bonds is 8. The number of fused-ring (bicyclic) bond motifs is 1. The van der Waals surface area contributed by atoms with Gasteiger partial charge in [-0.1, -0.05) is 6.07 Å². The number of H-pyrrole nitrogens is 1. The number of aromatic nitrogens is 2. The fraction of sp³-hybridized carbons (Fsp3) is 0.286. The van der Waals surface area contributed by atoms with Crippen LogP contribution in [0.4, 0.5) is 10.5 Å². The molecule has 0 spiro atoms. The molecule has 1 aromatic heterocycles. The number of benzene rings is 2. The molecule has 12 heteroatoms. The van der Waals surface area contributed by atoms with Gasteiger partial charge >= 0.3 is 18.0 Å². The van der Waals surface area contributed by atoms with Gasteiger partial charge in [-0.15, -0.1) is 0 Å². The van der Waals surface area contributed by atoms with Crippen LogP contribution in [0, 0.1) is 0 Å². The fourth-order valence-corrected chi connectivity index (χ4v) is 4.02. The van der Waals surface area contributed by atoms with Crippen molar-refractivity contribution in [3.05, 3.63) is 82.4 Å². The molecule has 1 aliphatic heterocycles. The predicted octanol–water partition coefficient (Wildman–Crippen LogP) is 3.52. The lowest BCUT2D eigenvalue weighted by atomic mass is 10.0. The zero-order chi connectivity index (χ0) is 29.2. The van der Waals surface area contributed by atoms with E-state index in [2.05, 4.69) is 9.97 Å². The first kappa shape index (κ1) is 28.0. The van der Waals surface area contributed by atoms with Gasteiger partial charge in [0.1, 0.15) is 12.2 Å². The molecule has 1 aliphatic rings. The van der Waals surface area contributed by atoms with E-state index in [1.54, 1.807) is 33.0 Å². The summed E-state index contributed by atoms with van der Waals surface area (Å²) in [6, 6.07) is 8.29. The number of hydrogen-bond donors (Lipinski definition) is 2. The molecule has 0 aliphatic carbocycles. The highest BCUT2D eigenvalue weighted by Crippen LogP contribution is 2.33. The summed E-state index contributed by atoms with van der Waals surface area (Å²) >= 11 is 0. The number of carbonyl (C=O) groups is 5. The van der Waals surface area contributed by atoms with Gasteiger partial charge in [0.05, 0.1) is 40.8 Å². The average Bonchev–Trinajstić information content (AvgIpc) is 3.48. The van der Waals surface area contributed by atoms with Crippen LogP contribution in [0.1, 0.15) is 73.5 Å². The van der Waals surface area contributed by atoms with E-state index in [4.69, 9.17) is 9.47 Å². The van der Waals surface area contributed by atoms with Gasteiger partial charge in [-0.05, 0) is 56.7 Å². The molecule has 0 unspecified atom stereocenters. The Hall–Kier alpha value is -5.00. The maximum absolute atomic E-state index is 13.4. The third kappa shape index (κ3) is 6.01. The van der Waals surface area contributed by atoms with Gasteiger partial charge in [0.15, 0.2) is 0 Å². The zero-order valence-electron chi connectivity index (χ0n) is 22.4. The average molecular weight is 549 g/mol.